The van der Waals surface area contributed by atoms with Gasteiger partial charge < -0.3 is 10.5 Å². The summed E-state index contributed by atoms with van der Waals surface area (Å²) in [5.74, 6) is 1.35. The fourth-order valence-electron chi connectivity index (χ4n) is 1.47. The molecule has 0 aliphatic carbocycles. The van der Waals surface area contributed by atoms with Crippen molar-refractivity contribution >= 4 is 11.5 Å². The highest BCUT2D eigenvalue weighted by atomic mass is 16.7. The molecule has 2 N–H and O–H groups in total. The van der Waals surface area contributed by atoms with Crippen LogP contribution in [0.25, 0.3) is 0 Å². The van der Waals surface area contributed by atoms with Gasteiger partial charge in [-0.15, -0.1) is 0 Å². The average molecular weight is 254 g/mol. The van der Waals surface area contributed by atoms with Gasteiger partial charge in [0.1, 0.15) is 12.0 Å². The first-order valence-corrected chi connectivity index (χ1v) is 6.04. The first-order chi connectivity index (χ1) is 8.45. The largest absolute Gasteiger partial charge is 0.473 e. The summed E-state index contributed by atoms with van der Waals surface area (Å²) in [7, 11) is 1.59. The van der Waals surface area contributed by atoms with Crippen molar-refractivity contribution in [3.8, 4) is 5.88 Å². The van der Waals surface area contributed by atoms with E-state index in [-0.39, 0.29) is 6.10 Å². The van der Waals surface area contributed by atoms with Crippen LogP contribution in [0.2, 0.25) is 0 Å². The fourth-order valence-corrected chi connectivity index (χ4v) is 1.47. The highest BCUT2D eigenvalue weighted by Crippen LogP contribution is 2.28. The van der Waals surface area contributed by atoms with Crippen LogP contribution in [0.3, 0.4) is 0 Å². The van der Waals surface area contributed by atoms with E-state index in [1.54, 1.807) is 12.2 Å². The quantitative estimate of drug-likeness (QED) is 0.781. The molecule has 0 unspecified atom stereocenters. The maximum absolute atomic E-state index is 6.01. The van der Waals surface area contributed by atoms with E-state index in [1.807, 2.05) is 13.8 Å². The molecular weight excluding hydrogens is 232 g/mol. The second-order valence-corrected chi connectivity index (χ2v) is 4.72. The van der Waals surface area contributed by atoms with E-state index in [9.17, 15) is 0 Å². The third-order valence-electron chi connectivity index (χ3n) is 2.16. The van der Waals surface area contributed by atoms with Crippen molar-refractivity contribution in [2.75, 3.05) is 24.5 Å². The SMILES string of the molecule is CON(CC(C)C)c1ncnc(OC(C)C)c1N. The Kier molecular flexibility index (Phi) is 5.15. The Bertz CT molecular complexity index is 382. The summed E-state index contributed by atoms with van der Waals surface area (Å²) in [5.41, 5.74) is 6.41. The molecule has 0 fully saturated rings. The molecule has 0 aliphatic heterocycles. The van der Waals surface area contributed by atoms with Crippen molar-refractivity contribution in [2.45, 2.75) is 33.8 Å². The van der Waals surface area contributed by atoms with E-state index in [0.717, 1.165) is 0 Å². The van der Waals surface area contributed by atoms with E-state index < -0.39 is 0 Å². The topological polar surface area (TPSA) is 73.5 Å². The zero-order valence-electron chi connectivity index (χ0n) is 11.7. The molecule has 0 radical (unpaired) electrons. The van der Waals surface area contributed by atoms with Crippen molar-refractivity contribution in [3.05, 3.63) is 6.33 Å². The molecule has 6 nitrogen and oxygen atoms in total. The number of anilines is 2. The molecule has 0 aliphatic rings. The summed E-state index contributed by atoms with van der Waals surface area (Å²) >= 11 is 0. The van der Waals surface area contributed by atoms with Crippen molar-refractivity contribution in [1.82, 2.24) is 9.97 Å². The standard InChI is InChI=1S/C12H22N4O2/c1-8(2)6-16(17-5)11-10(13)12(15-7-14-11)18-9(3)4/h7-9H,6,13H2,1-5H3. The first kappa shape index (κ1) is 14.5. The minimum atomic E-state index is 0.0103. The van der Waals surface area contributed by atoms with E-state index in [2.05, 4.69) is 23.8 Å². The molecule has 0 spiro atoms. The molecule has 0 saturated carbocycles. The number of hydrogen-bond donors (Lipinski definition) is 1. The summed E-state index contributed by atoms with van der Waals surface area (Å²) in [4.78, 5) is 13.5. The third-order valence-corrected chi connectivity index (χ3v) is 2.16. The maximum Gasteiger partial charge on any atom is 0.242 e. The smallest absolute Gasteiger partial charge is 0.242 e. The van der Waals surface area contributed by atoms with Gasteiger partial charge in [0.2, 0.25) is 5.88 Å². The highest BCUT2D eigenvalue weighted by molar-refractivity contribution is 5.66. The Morgan fingerprint density at radius 1 is 1.28 bits per heavy atom. The van der Waals surface area contributed by atoms with Gasteiger partial charge in [-0.05, 0) is 19.8 Å². The van der Waals surface area contributed by atoms with Crippen molar-refractivity contribution in [1.29, 1.82) is 0 Å². The number of hydrogen-bond acceptors (Lipinski definition) is 6. The van der Waals surface area contributed by atoms with Gasteiger partial charge in [0.25, 0.3) is 0 Å². The second-order valence-electron chi connectivity index (χ2n) is 4.72. The zero-order chi connectivity index (χ0) is 13.7. The monoisotopic (exact) mass is 254 g/mol. The molecule has 0 saturated heterocycles. The summed E-state index contributed by atoms with van der Waals surface area (Å²) in [6, 6.07) is 0. The van der Waals surface area contributed by atoms with Crippen LogP contribution in [-0.4, -0.2) is 29.7 Å². The molecule has 1 aromatic rings. The molecule has 0 aromatic carbocycles. The number of aromatic nitrogens is 2. The van der Waals surface area contributed by atoms with E-state index >= 15 is 0 Å². The van der Waals surface area contributed by atoms with E-state index in [1.165, 1.54) is 6.33 Å². The minimum Gasteiger partial charge on any atom is -0.473 e. The highest BCUT2D eigenvalue weighted by Gasteiger charge is 2.17. The molecule has 0 atom stereocenters. The number of nitrogens with two attached hydrogens (primary N) is 1. The number of nitrogen functional groups attached to an aromatic ring is 1. The van der Waals surface area contributed by atoms with Crippen LogP contribution in [0.15, 0.2) is 6.33 Å². The lowest BCUT2D eigenvalue weighted by Gasteiger charge is -2.24. The summed E-state index contributed by atoms with van der Waals surface area (Å²) in [6.45, 7) is 8.72. The molecule has 1 rings (SSSR count). The lowest BCUT2D eigenvalue weighted by molar-refractivity contribution is 0.155. The number of nitrogens with zero attached hydrogens (tertiary/aromatic N) is 3. The predicted octanol–water partition coefficient (Wildman–Crippen LogP) is 1.87. The van der Waals surface area contributed by atoms with Crippen LogP contribution in [0.1, 0.15) is 27.7 Å². The Morgan fingerprint density at radius 3 is 2.44 bits per heavy atom. The lowest BCUT2D eigenvalue weighted by atomic mass is 10.2. The van der Waals surface area contributed by atoms with Crippen LogP contribution >= 0.6 is 0 Å². The Labute approximate surface area is 108 Å². The van der Waals surface area contributed by atoms with Crippen LogP contribution < -0.4 is 15.5 Å². The van der Waals surface area contributed by atoms with Gasteiger partial charge in [0.05, 0.1) is 13.2 Å². The summed E-state index contributed by atoms with van der Waals surface area (Å²) < 4.78 is 5.53. The maximum atomic E-state index is 6.01. The van der Waals surface area contributed by atoms with Crippen molar-refractivity contribution in [2.24, 2.45) is 5.92 Å². The Balaban J connectivity index is 3.00. The van der Waals surface area contributed by atoms with Gasteiger partial charge in [0, 0.05) is 6.54 Å². The fraction of sp³-hybridized carbons (Fsp3) is 0.667. The van der Waals surface area contributed by atoms with Gasteiger partial charge in [-0.25, -0.2) is 10.0 Å². The predicted molar refractivity (Wildman–Crippen MR) is 71.4 cm³/mol. The molecule has 1 aromatic heterocycles. The van der Waals surface area contributed by atoms with E-state index in [0.29, 0.717) is 29.8 Å². The van der Waals surface area contributed by atoms with Crippen LogP contribution in [0, 0.1) is 5.92 Å². The van der Waals surface area contributed by atoms with Gasteiger partial charge in [0.15, 0.2) is 5.82 Å². The first-order valence-electron chi connectivity index (χ1n) is 6.04. The zero-order valence-corrected chi connectivity index (χ0v) is 11.7. The Morgan fingerprint density at radius 2 is 1.94 bits per heavy atom. The Hall–Kier alpha value is -1.56. The van der Waals surface area contributed by atoms with E-state index in [4.69, 9.17) is 15.3 Å². The van der Waals surface area contributed by atoms with Gasteiger partial charge >= 0.3 is 0 Å². The third kappa shape index (κ3) is 3.73. The van der Waals surface area contributed by atoms with Crippen LogP contribution in [0.5, 0.6) is 5.88 Å². The molecule has 1 heterocycles. The van der Waals surface area contributed by atoms with Crippen molar-refractivity contribution in [3.63, 3.8) is 0 Å². The summed E-state index contributed by atoms with van der Waals surface area (Å²) in [6.07, 6.45) is 1.44. The lowest BCUT2D eigenvalue weighted by Crippen LogP contribution is -2.28. The van der Waals surface area contributed by atoms with Gasteiger partial charge in [-0.3, -0.25) is 4.84 Å². The number of rotatable bonds is 6. The van der Waals surface area contributed by atoms with Crippen LogP contribution in [-0.2, 0) is 4.84 Å². The average Bonchev–Trinajstić information content (AvgIpc) is 2.28. The second kappa shape index (κ2) is 6.39. The molecule has 102 valence electrons. The van der Waals surface area contributed by atoms with Gasteiger partial charge in [-0.2, -0.15) is 4.98 Å². The minimum absolute atomic E-state index is 0.0103. The molecule has 0 amide bonds. The molecule has 0 bridgehead atoms. The number of ether oxygens (including phenoxy) is 1. The number of hydroxylamine groups is 1. The molecule has 18 heavy (non-hydrogen) atoms. The van der Waals surface area contributed by atoms with Crippen molar-refractivity contribution < 1.29 is 9.57 Å². The van der Waals surface area contributed by atoms with Gasteiger partial charge in [-0.1, -0.05) is 13.8 Å². The molecule has 6 heteroatoms. The normalized spacial score (nSPS) is 11.1. The summed E-state index contributed by atoms with van der Waals surface area (Å²) in [5, 5.41) is 1.65. The van der Waals surface area contributed by atoms with Crippen LogP contribution in [0.4, 0.5) is 11.5 Å². The molecular formula is C12H22N4O2.